The van der Waals surface area contributed by atoms with Crippen molar-refractivity contribution in [3.05, 3.63) is 48.0 Å². The average Bonchev–Trinajstić information content (AvgIpc) is 2.74. The summed E-state index contributed by atoms with van der Waals surface area (Å²) in [5.74, 6) is 0.323. The van der Waals surface area contributed by atoms with E-state index >= 15 is 0 Å². The Kier molecular flexibility index (Phi) is 5.12. The van der Waals surface area contributed by atoms with Gasteiger partial charge in [0.05, 0.1) is 11.4 Å². The maximum absolute atomic E-state index is 12.8. The summed E-state index contributed by atoms with van der Waals surface area (Å²) in [6.45, 7) is 1.09. The number of piperazine rings is 1. The molecule has 9 nitrogen and oxygen atoms in total. The lowest BCUT2D eigenvalue weighted by Gasteiger charge is -2.26. The lowest BCUT2D eigenvalue weighted by molar-refractivity contribution is -0.122. The Morgan fingerprint density at radius 1 is 1.07 bits per heavy atom. The summed E-state index contributed by atoms with van der Waals surface area (Å²) >= 11 is 0. The van der Waals surface area contributed by atoms with Crippen molar-refractivity contribution >= 4 is 27.5 Å². The first-order chi connectivity index (χ1) is 13.9. The van der Waals surface area contributed by atoms with Crippen molar-refractivity contribution in [2.45, 2.75) is 4.90 Å². The molecule has 2 aromatic carbocycles. The summed E-state index contributed by atoms with van der Waals surface area (Å²) in [5.41, 5.74) is 0.683. The van der Waals surface area contributed by atoms with Gasteiger partial charge in [-0.05, 0) is 30.3 Å². The second kappa shape index (κ2) is 7.72. The van der Waals surface area contributed by atoms with E-state index in [1.54, 1.807) is 18.2 Å². The number of benzene rings is 2. The van der Waals surface area contributed by atoms with Crippen molar-refractivity contribution in [1.29, 1.82) is 0 Å². The average molecular weight is 417 g/mol. The van der Waals surface area contributed by atoms with Crippen molar-refractivity contribution in [3.8, 4) is 11.5 Å². The third-order valence-corrected chi connectivity index (χ3v) is 6.38. The Hall–Kier alpha value is -3.11. The number of anilines is 1. The van der Waals surface area contributed by atoms with Gasteiger partial charge in [0.2, 0.25) is 15.9 Å². The lowest BCUT2D eigenvalue weighted by atomic mass is 10.2. The normalized spacial score (nSPS) is 16.8. The van der Waals surface area contributed by atoms with E-state index in [4.69, 9.17) is 9.47 Å². The molecule has 0 aromatic heterocycles. The Labute approximate surface area is 167 Å². The summed E-state index contributed by atoms with van der Waals surface area (Å²) in [5, 5.41) is 5.31. The molecule has 29 heavy (non-hydrogen) atoms. The van der Waals surface area contributed by atoms with Crippen molar-refractivity contribution in [2.24, 2.45) is 0 Å². The van der Waals surface area contributed by atoms with E-state index in [1.807, 2.05) is 0 Å². The van der Waals surface area contributed by atoms with Gasteiger partial charge in [-0.25, -0.2) is 8.42 Å². The molecule has 1 fully saturated rings. The van der Waals surface area contributed by atoms with Crippen molar-refractivity contribution < 1.29 is 27.5 Å². The van der Waals surface area contributed by atoms with Gasteiger partial charge in [-0.15, -0.1) is 0 Å². The first-order valence-electron chi connectivity index (χ1n) is 9.01. The molecule has 10 heteroatoms. The highest BCUT2D eigenvalue weighted by atomic mass is 32.2. The Bertz CT molecular complexity index is 1070. The highest BCUT2D eigenvalue weighted by molar-refractivity contribution is 7.89. The predicted octanol–water partition coefficient (Wildman–Crippen LogP) is 0.831. The van der Waals surface area contributed by atoms with Crippen molar-refractivity contribution in [1.82, 2.24) is 9.62 Å². The van der Waals surface area contributed by atoms with E-state index in [-0.39, 0.29) is 36.0 Å². The van der Waals surface area contributed by atoms with Crippen LogP contribution in [0.25, 0.3) is 0 Å². The third-order valence-electron chi connectivity index (χ3n) is 4.54. The number of ether oxygens (including phenoxy) is 2. The number of carbonyl (C=O) groups is 2. The molecule has 0 saturated carbocycles. The molecule has 2 N–H and O–H groups in total. The van der Waals surface area contributed by atoms with E-state index in [9.17, 15) is 18.0 Å². The van der Waals surface area contributed by atoms with Gasteiger partial charge in [-0.2, -0.15) is 4.31 Å². The monoisotopic (exact) mass is 417 g/mol. The molecule has 0 atom stereocenters. The number of sulfonamides is 1. The first-order valence-corrected chi connectivity index (χ1v) is 10.5. The zero-order valence-corrected chi connectivity index (χ0v) is 16.2. The quantitative estimate of drug-likeness (QED) is 0.762. The number of carbonyl (C=O) groups excluding carboxylic acids is 2. The van der Waals surface area contributed by atoms with E-state index in [0.29, 0.717) is 30.4 Å². The Morgan fingerprint density at radius 2 is 1.86 bits per heavy atom. The molecule has 0 spiro atoms. The van der Waals surface area contributed by atoms with Crippen LogP contribution in [0.3, 0.4) is 0 Å². The summed E-state index contributed by atoms with van der Waals surface area (Å²) < 4.78 is 37.7. The van der Waals surface area contributed by atoms with Crippen LogP contribution in [0.2, 0.25) is 0 Å². The maximum atomic E-state index is 12.8. The number of nitrogens with zero attached hydrogens (tertiary/aromatic N) is 1. The zero-order valence-electron chi connectivity index (χ0n) is 15.4. The Balaban J connectivity index is 1.53. The Morgan fingerprint density at radius 3 is 2.66 bits per heavy atom. The largest absolute Gasteiger partial charge is 0.486 e. The molecule has 1 saturated heterocycles. The molecule has 152 valence electrons. The summed E-state index contributed by atoms with van der Waals surface area (Å²) in [6.07, 6.45) is 0. The standard InChI is InChI=1S/C19H19N3O6S/c23-18-12-22(7-6-20-18)29(25,26)15-3-1-2-13(10-15)19(24)21-14-4-5-16-17(11-14)28-9-8-27-16/h1-5,10-11H,6-9,12H2,(H,20,23)(H,21,24). The minimum absolute atomic E-state index is 0.0398. The molecule has 2 aliphatic heterocycles. The van der Waals surface area contributed by atoms with Gasteiger partial charge in [0.1, 0.15) is 13.2 Å². The van der Waals surface area contributed by atoms with Gasteiger partial charge in [0.25, 0.3) is 5.91 Å². The van der Waals surface area contributed by atoms with Gasteiger partial charge >= 0.3 is 0 Å². The van der Waals surface area contributed by atoms with Crippen molar-refractivity contribution in [3.63, 3.8) is 0 Å². The number of hydrogen-bond donors (Lipinski definition) is 2. The fourth-order valence-electron chi connectivity index (χ4n) is 3.09. The summed E-state index contributed by atoms with van der Waals surface area (Å²) in [6, 6.07) is 10.8. The summed E-state index contributed by atoms with van der Waals surface area (Å²) in [4.78, 5) is 24.1. The number of rotatable bonds is 4. The van der Waals surface area contributed by atoms with Crippen LogP contribution < -0.4 is 20.1 Å². The second-order valence-electron chi connectivity index (χ2n) is 6.53. The highest BCUT2D eigenvalue weighted by Crippen LogP contribution is 2.32. The van der Waals surface area contributed by atoms with Crippen LogP contribution in [0.5, 0.6) is 11.5 Å². The van der Waals surface area contributed by atoms with Crippen LogP contribution in [0, 0.1) is 0 Å². The van der Waals surface area contributed by atoms with Crippen molar-refractivity contribution in [2.75, 3.05) is 38.2 Å². The molecule has 0 radical (unpaired) electrons. The fraction of sp³-hybridized carbons (Fsp3) is 0.263. The van der Waals surface area contributed by atoms with E-state index < -0.39 is 15.9 Å². The van der Waals surface area contributed by atoms with E-state index in [1.165, 1.54) is 24.3 Å². The van der Waals surface area contributed by atoms with Crippen LogP contribution >= 0.6 is 0 Å². The first kappa shape index (κ1) is 19.2. The molecule has 2 aliphatic rings. The molecular weight excluding hydrogens is 398 g/mol. The van der Waals surface area contributed by atoms with E-state index in [0.717, 1.165) is 4.31 Å². The van der Waals surface area contributed by atoms with E-state index in [2.05, 4.69) is 10.6 Å². The number of amides is 2. The van der Waals surface area contributed by atoms with Crippen LogP contribution in [-0.4, -0.2) is 57.4 Å². The maximum Gasteiger partial charge on any atom is 0.255 e. The predicted molar refractivity (Wildman–Crippen MR) is 104 cm³/mol. The van der Waals surface area contributed by atoms with Crippen LogP contribution in [0.4, 0.5) is 5.69 Å². The SMILES string of the molecule is O=C1CN(S(=O)(=O)c2cccc(C(=O)Nc3ccc4c(c3)OCCO4)c2)CCN1. The minimum atomic E-state index is -3.88. The molecule has 0 aliphatic carbocycles. The molecule has 2 amide bonds. The number of fused-ring (bicyclic) bond motifs is 1. The highest BCUT2D eigenvalue weighted by Gasteiger charge is 2.29. The molecule has 2 aromatic rings. The van der Waals surface area contributed by atoms with Crippen LogP contribution in [0.1, 0.15) is 10.4 Å². The smallest absolute Gasteiger partial charge is 0.255 e. The topological polar surface area (TPSA) is 114 Å². The second-order valence-corrected chi connectivity index (χ2v) is 8.47. The van der Waals surface area contributed by atoms with Crippen LogP contribution in [-0.2, 0) is 14.8 Å². The molecule has 4 rings (SSSR count). The van der Waals surface area contributed by atoms with Gasteiger partial charge in [-0.3, -0.25) is 9.59 Å². The lowest BCUT2D eigenvalue weighted by Crippen LogP contribution is -2.49. The van der Waals surface area contributed by atoms with Crippen LogP contribution in [0.15, 0.2) is 47.4 Å². The molecule has 0 bridgehead atoms. The van der Waals surface area contributed by atoms with Gasteiger partial charge < -0.3 is 20.1 Å². The van der Waals surface area contributed by atoms with Gasteiger partial charge in [-0.1, -0.05) is 6.07 Å². The molecular formula is C19H19N3O6S. The fourth-order valence-corrected chi connectivity index (χ4v) is 4.53. The number of hydrogen-bond acceptors (Lipinski definition) is 6. The van der Waals surface area contributed by atoms with Gasteiger partial charge in [0, 0.05) is 30.4 Å². The molecule has 2 heterocycles. The minimum Gasteiger partial charge on any atom is -0.486 e. The third kappa shape index (κ3) is 4.03. The van der Waals surface area contributed by atoms with Gasteiger partial charge in [0.15, 0.2) is 11.5 Å². The molecule has 0 unspecified atom stereocenters. The zero-order chi connectivity index (χ0) is 20.4. The number of nitrogens with one attached hydrogen (secondary N) is 2. The summed E-state index contributed by atoms with van der Waals surface area (Å²) in [7, 11) is -3.88.